The zero-order valence-corrected chi connectivity index (χ0v) is 16.2. The number of para-hydroxylation sites is 1. The number of carbonyl (C=O) groups excluding carboxylic acids is 1. The van der Waals surface area contributed by atoms with E-state index in [1.54, 1.807) is 18.2 Å². The number of ether oxygens (including phenoxy) is 3. The van der Waals surface area contributed by atoms with Gasteiger partial charge in [-0.05, 0) is 43.3 Å². The lowest BCUT2D eigenvalue weighted by molar-refractivity contribution is -0.144. The first-order valence-electron chi connectivity index (χ1n) is 8.68. The first-order chi connectivity index (χ1) is 13.4. The van der Waals surface area contributed by atoms with Crippen molar-refractivity contribution in [1.82, 2.24) is 4.72 Å². The summed E-state index contributed by atoms with van der Waals surface area (Å²) >= 11 is 0. The Labute approximate surface area is 163 Å². The molecule has 0 atom stereocenters. The smallest absolute Gasteiger partial charge is 0.307 e. The topological polar surface area (TPSA) is 90.9 Å². The molecule has 0 saturated carbocycles. The molecular formula is C19H22FNO6S. The van der Waals surface area contributed by atoms with Crippen LogP contribution in [0.3, 0.4) is 0 Å². The number of esters is 1. The molecule has 7 nitrogen and oxygen atoms in total. The molecule has 0 spiro atoms. The Morgan fingerprint density at radius 1 is 1.04 bits per heavy atom. The van der Waals surface area contributed by atoms with Crippen LogP contribution in [0.25, 0.3) is 0 Å². The number of halogens is 1. The van der Waals surface area contributed by atoms with E-state index < -0.39 is 21.8 Å². The Balaban J connectivity index is 1.68. The van der Waals surface area contributed by atoms with Crippen LogP contribution in [0.4, 0.5) is 4.39 Å². The Hall–Kier alpha value is -2.65. The number of carbonyl (C=O) groups is 1. The van der Waals surface area contributed by atoms with E-state index >= 15 is 0 Å². The molecule has 28 heavy (non-hydrogen) atoms. The molecule has 2 aromatic carbocycles. The van der Waals surface area contributed by atoms with Crippen molar-refractivity contribution in [1.29, 1.82) is 0 Å². The molecule has 0 fully saturated rings. The first kappa shape index (κ1) is 21.6. The van der Waals surface area contributed by atoms with Gasteiger partial charge in [-0.25, -0.2) is 17.5 Å². The molecule has 9 heteroatoms. The number of hydrogen-bond acceptors (Lipinski definition) is 6. The standard InChI is InChI=1S/C19H22FNO6S/c1-2-25-15-7-9-16(10-8-15)28(23,24)21-12-11-19(22)27-14-13-26-18-6-4-3-5-17(18)20/h3-10,21H,2,11-14H2,1H3. The van der Waals surface area contributed by atoms with Gasteiger partial charge < -0.3 is 14.2 Å². The maximum absolute atomic E-state index is 13.3. The average molecular weight is 411 g/mol. The highest BCUT2D eigenvalue weighted by Gasteiger charge is 2.14. The Morgan fingerprint density at radius 2 is 1.75 bits per heavy atom. The van der Waals surface area contributed by atoms with Crippen molar-refractivity contribution in [2.24, 2.45) is 0 Å². The summed E-state index contributed by atoms with van der Waals surface area (Å²) in [6, 6.07) is 11.9. The molecule has 0 amide bonds. The second-order valence-electron chi connectivity index (χ2n) is 5.55. The Bertz CT molecular complexity index is 870. The first-order valence-corrected chi connectivity index (χ1v) is 10.2. The van der Waals surface area contributed by atoms with Crippen LogP contribution in [-0.2, 0) is 19.6 Å². The van der Waals surface area contributed by atoms with Gasteiger partial charge in [0.15, 0.2) is 11.6 Å². The predicted molar refractivity (Wildman–Crippen MR) is 100 cm³/mol. The minimum absolute atomic E-state index is 0.00935. The molecule has 0 aliphatic rings. The fourth-order valence-electron chi connectivity index (χ4n) is 2.19. The summed E-state index contributed by atoms with van der Waals surface area (Å²) in [5.74, 6) is -0.451. The van der Waals surface area contributed by atoms with Gasteiger partial charge in [0, 0.05) is 6.54 Å². The lowest BCUT2D eigenvalue weighted by Crippen LogP contribution is -2.27. The molecule has 0 bridgehead atoms. The highest BCUT2D eigenvalue weighted by molar-refractivity contribution is 7.89. The van der Waals surface area contributed by atoms with Crippen molar-refractivity contribution in [2.75, 3.05) is 26.4 Å². The van der Waals surface area contributed by atoms with E-state index in [4.69, 9.17) is 14.2 Å². The zero-order chi connectivity index (χ0) is 20.4. The summed E-state index contributed by atoms with van der Waals surface area (Å²) in [6.07, 6.45) is -0.143. The van der Waals surface area contributed by atoms with Crippen LogP contribution < -0.4 is 14.2 Å². The summed E-state index contributed by atoms with van der Waals surface area (Å²) in [6.45, 7) is 2.13. The van der Waals surface area contributed by atoms with Crippen LogP contribution in [-0.4, -0.2) is 40.8 Å². The van der Waals surface area contributed by atoms with Crippen molar-refractivity contribution in [2.45, 2.75) is 18.2 Å². The second-order valence-corrected chi connectivity index (χ2v) is 7.32. The molecule has 0 aliphatic carbocycles. The molecule has 0 unspecified atom stereocenters. The van der Waals surface area contributed by atoms with E-state index in [0.29, 0.717) is 12.4 Å². The second kappa shape index (κ2) is 10.6. The van der Waals surface area contributed by atoms with Gasteiger partial charge >= 0.3 is 5.97 Å². The van der Waals surface area contributed by atoms with Gasteiger partial charge in [-0.15, -0.1) is 0 Å². The van der Waals surface area contributed by atoms with Crippen LogP contribution in [0.1, 0.15) is 13.3 Å². The number of sulfonamides is 1. The van der Waals surface area contributed by atoms with Crippen LogP contribution >= 0.6 is 0 Å². The summed E-state index contributed by atoms with van der Waals surface area (Å²) in [7, 11) is -3.73. The quantitative estimate of drug-likeness (QED) is 0.451. The molecule has 2 aromatic rings. The fourth-order valence-corrected chi connectivity index (χ4v) is 3.23. The molecule has 0 aliphatic heterocycles. The molecule has 1 N–H and O–H groups in total. The highest BCUT2D eigenvalue weighted by atomic mass is 32.2. The maximum atomic E-state index is 13.3. The lowest BCUT2D eigenvalue weighted by atomic mass is 10.3. The Morgan fingerprint density at radius 3 is 2.43 bits per heavy atom. The van der Waals surface area contributed by atoms with Gasteiger partial charge in [-0.3, -0.25) is 4.79 Å². The van der Waals surface area contributed by atoms with Crippen molar-refractivity contribution in [3.63, 3.8) is 0 Å². The van der Waals surface area contributed by atoms with Crippen LogP contribution in [0.2, 0.25) is 0 Å². The van der Waals surface area contributed by atoms with E-state index in [9.17, 15) is 17.6 Å². The third kappa shape index (κ3) is 6.82. The molecule has 2 rings (SSSR count). The number of hydrogen-bond donors (Lipinski definition) is 1. The van der Waals surface area contributed by atoms with Gasteiger partial charge in [0.2, 0.25) is 10.0 Å². The predicted octanol–water partition coefficient (Wildman–Crippen LogP) is 2.52. The number of benzene rings is 2. The number of rotatable bonds is 11. The maximum Gasteiger partial charge on any atom is 0.307 e. The summed E-state index contributed by atoms with van der Waals surface area (Å²) in [5, 5.41) is 0. The fraction of sp³-hybridized carbons (Fsp3) is 0.316. The van der Waals surface area contributed by atoms with Crippen LogP contribution in [0.5, 0.6) is 11.5 Å². The normalized spacial score (nSPS) is 11.1. The van der Waals surface area contributed by atoms with Gasteiger partial charge in [-0.2, -0.15) is 0 Å². The molecule has 0 radical (unpaired) electrons. The van der Waals surface area contributed by atoms with E-state index in [2.05, 4.69) is 4.72 Å². The summed E-state index contributed by atoms with van der Waals surface area (Å²) < 4.78 is 55.4. The average Bonchev–Trinajstić information content (AvgIpc) is 2.67. The lowest BCUT2D eigenvalue weighted by Gasteiger charge is -2.09. The van der Waals surface area contributed by atoms with E-state index in [0.717, 1.165) is 0 Å². The Kier molecular flexibility index (Phi) is 8.21. The minimum Gasteiger partial charge on any atom is -0.494 e. The van der Waals surface area contributed by atoms with E-state index in [1.165, 1.54) is 30.3 Å². The van der Waals surface area contributed by atoms with Gasteiger partial charge in [0.25, 0.3) is 0 Å². The summed E-state index contributed by atoms with van der Waals surface area (Å²) in [4.78, 5) is 11.7. The summed E-state index contributed by atoms with van der Waals surface area (Å²) in [5.41, 5.74) is 0. The molecule has 152 valence electrons. The van der Waals surface area contributed by atoms with Crippen LogP contribution in [0.15, 0.2) is 53.4 Å². The number of nitrogens with one attached hydrogen (secondary N) is 1. The zero-order valence-electron chi connectivity index (χ0n) is 15.4. The van der Waals surface area contributed by atoms with Crippen molar-refractivity contribution in [3.05, 3.63) is 54.3 Å². The van der Waals surface area contributed by atoms with Gasteiger partial charge in [0.05, 0.1) is 17.9 Å². The minimum atomic E-state index is -3.73. The third-order valence-electron chi connectivity index (χ3n) is 3.51. The third-order valence-corrected chi connectivity index (χ3v) is 4.98. The molecule has 0 saturated heterocycles. The van der Waals surface area contributed by atoms with Crippen molar-refractivity contribution in [3.8, 4) is 11.5 Å². The molecule has 0 aromatic heterocycles. The van der Waals surface area contributed by atoms with Gasteiger partial charge in [-0.1, -0.05) is 12.1 Å². The molecular weight excluding hydrogens is 389 g/mol. The molecule has 0 heterocycles. The van der Waals surface area contributed by atoms with Crippen LogP contribution in [0, 0.1) is 5.82 Å². The van der Waals surface area contributed by atoms with E-state index in [-0.39, 0.29) is 36.8 Å². The monoisotopic (exact) mass is 411 g/mol. The van der Waals surface area contributed by atoms with Crippen molar-refractivity contribution < 1.29 is 31.8 Å². The highest BCUT2D eigenvalue weighted by Crippen LogP contribution is 2.16. The van der Waals surface area contributed by atoms with Crippen molar-refractivity contribution >= 4 is 16.0 Å². The largest absolute Gasteiger partial charge is 0.494 e. The van der Waals surface area contributed by atoms with E-state index in [1.807, 2.05) is 6.92 Å². The SMILES string of the molecule is CCOc1ccc(S(=O)(=O)NCCC(=O)OCCOc2ccccc2F)cc1. The van der Waals surface area contributed by atoms with Gasteiger partial charge in [0.1, 0.15) is 19.0 Å².